The first-order chi connectivity index (χ1) is 9.76. The van der Waals surface area contributed by atoms with Crippen LogP contribution in [0.2, 0.25) is 10.0 Å². The van der Waals surface area contributed by atoms with Crippen molar-refractivity contribution in [3.8, 4) is 0 Å². The van der Waals surface area contributed by atoms with Crippen molar-refractivity contribution in [3.63, 3.8) is 0 Å². The van der Waals surface area contributed by atoms with Gasteiger partial charge in [-0.25, -0.2) is 4.98 Å². The third-order valence-electron chi connectivity index (χ3n) is 3.38. The normalized spacial score (nSPS) is 19.5. The molecule has 1 aromatic rings. The molecule has 0 aliphatic carbocycles. The maximum Gasteiger partial charge on any atom is 0.225 e. The van der Waals surface area contributed by atoms with E-state index >= 15 is 0 Å². The smallest absolute Gasteiger partial charge is 0.225 e. The zero-order chi connectivity index (χ0) is 15.6. The molecular weight excluding hydrogens is 309 g/mol. The Morgan fingerprint density at radius 1 is 1.43 bits per heavy atom. The summed E-state index contributed by atoms with van der Waals surface area (Å²) in [5.74, 6) is 0.762. The van der Waals surface area contributed by atoms with E-state index in [1.165, 1.54) is 0 Å². The number of piperidine rings is 1. The molecule has 1 aliphatic heterocycles. The molecule has 1 amide bonds. The lowest BCUT2D eigenvalue weighted by molar-refractivity contribution is -0.126. The standard InChI is InChI=1S/C15H21Cl2N3O/c1-15(2,3)19-14(21)10-5-4-6-20(9-10)13-12(17)7-11(16)8-18-13/h7-8,10H,4-6,9H2,1-3H3,(H,19,21). The molecule has 1 unspecified atom stereocenters. The number of amides is 1. The number of hydrogen-bond acceptors (Lipinski definition) is 3. The number of aromatic nitrogens is 1. The van der Waals surface area contributed by atoms with E-state index in [1.54, 1.807) is 12.3 Å². The van der Waals surface area contributed by atoms with E-state index in [0.29, 0.717) is 22.4 Å². The number of pyridine rings is 1. The predicted molar refractivity (Wildman–Crippen MR) is 87.1 cm³/mol. The molecule has 2 rings (SSSR count). The van der Waals surface area contributed by atoms with Gasteiger partial charge in [-0.2, -0.15) is 0 Å². The number of nitrogens with one attached hydrogen (secondary N) is 1. The first kappa shape index (κ1) is 16.4. The number of carbonyl (C=O) groups is 1. The highest BCUT2D eigenvalue weighted by Gasteiger charge is 2.29. The van der Waals surface area contributed by atoms with Crippen molar-refractivity contribution in [2.45, 2.75) is 39.2 Å². The van der Waals surface area contributed by atoms with Crippen molar-refractivity contribution in [2.75, 3.05) is 18.0 Å². The molecule has 21 heavy (non-hydrogen) atoms. The van der Waals surface area contributed by atoms with Crippen LogP contribution in [0, 0.1) is 5.92 Å². The minimum absolute atomic E-state index is 0.0356. The molecule has 116 valence electrons. The Bertz CT molecular complexity index is 528. The molecule has 1 saturated heterocycles. The van der Waals surface area contributed by atoms with Gasteiger partial charge in [0.05, 0.1) is 16.0 Å². The minimum Gasteiger partial charge on any atom is -0.355 e. The first-order valence-corrected chi connectivity index (χ1v) is 7.90. The second-order valence-electron chi connectivity index (χ2n) is 6.48. The molecule has 1 aromatic heterocycles. The van der Waals surface area contributed by atoms with E-state index in [1.807, 2.05) is 20.8 Å². The summed E-state index contributed by atoms with van der Waals surface area (Å²) in [4.78, 5) is 18.7. The zero-order valence-electron chi connectivity index (χ0n) is 12.6. The summed E-state index contributed by atoms with van der Waals surface area (Å²) in [6.45, 7) is 7.46. The van der Waals surface area contributed by atoms with Crippen molar-refractivity contribution in [1.29, 1.82) is 0 Å². The summed E-state index contributed by atoms with van der Waals surface area (Å²) < 4.78 is 0. The van der Waals surface area contributed by atoms with Crippen LogP contribution in [0.25, 0.3) is 0 Å². The Labute approximate surface area is 135 Å². The van der Waals surface area contributed by atoms with Crippen molar-refractivity contribution >= 4 is 34.9 Å². The number of nitrogens with zero attached hydrogens (tertiary/aromatic N) is 2. The van der Waals surface area contributed by atoms with Gasteiger partial charge in [0.2, 0.25) is 5.91 Å². The van der Waals surface area contributed by atoms with Crippen LogP contribution >= 0.6 is 23.2 Å². The number of carbonyl (C=O) groups excluding carboxylic acids is 1. The molecule has 0 spiro atoms. The fourth-order valence-electron chi connectivity index (χ4n) is 2.50. The van der Waals surface area contributed by atoms with Gasteiger partial charge in [0.25, 0.3) is 0 Å². The molecule has 1 N–H and O–H groups in total. The van der Waals surface area contributed by atoms with Crippen LogP contribution < -0.4 is 10.2 Å². The number of anilines is 1. The van der Waals surface area contributed by atoms with Gasteiger partial charge >= 0.3 is 0 Å². The minimum atomic E-state index is -0.213. The molecule has 1 fully saturated rings. The van der Waals surface area contributed by atoms with E-state index in [4.69, 9.17) is 23.2 Å². The van der Waals surface area contributed by atoms with Crippen LogP contribution in [0.1, 0.15) is 33.6 Å². The molecule has 2 heterocycles. The molecule has 0 radical (unpaired) electrons. The Morgan fingerprint density at radius 3 is 2.76 bits per heavy atom. The van der Waals surface area contributed by atoms with Crippen LogP contribution in [0.5, 0.6) is 0 Å². The highest BCUT2D eigenvalue weighted by Crippen LogP contribution is 2.29. The third kappa shape index (κ3) is 4.48. The van der Waals surface area contributed by atoms with Crippen molar-refractivity contribution in [3.05, 3.63) is 22.3 Å². The molecule has 6 heteroatoms. The second-order valence-corrected chi connectivity index (χ2v) is 7.33. The highest BCUT2D eigenvalue weighted by molar-refractivity contribution is 6.36. The quantitative estimate of drug-likeness (QED) is 0.902. The number of hydrogen-bond donors (Lipinski definition) is 1. The van der Waals surface area contributed by atoms with Gasteiger partial charge in [0.1, 0.15) is 5.82 Å². The average Bonchev–Trinajstić information content (AvgIpc) is 2.37. The Balaban J connectivity index is 2.08. The lowest BCUT2D eigenvalue weighted by Crippen LogP contribution is -2.48. The first-order valence-electron chi connectivity index (χ1n) is 7.14. The molecule has 0 bridgehead atoms. The molecule has 1 aliphatic rings. The topological polar surface area (TPSA) is 45.2 Å². The lowest BCUT2D eigenvalue weighted by atomic mass is 9.95. The summed E-state index contributed by atoms with van der Waals surface area (Å²) >= 11 is 12.1. The van der Waals surface area contributed by atoms with Gasteiger partial charge < -0.3 is 10.2 Å². The summed E-state index contributed by atoms with van der Waals surface area (Å²) in [5, 5.41) is 4.09. The summed E-state index contributed by atoms with van der Waals surface area (Å²) in [5.41, 5.74) is -0.213. The van der Waals surface area contributed by atoms with E-state index in [9.17, 15) is 4.79 Å². The van der Waals surface area contributed by atoms with E-state index in [2.05, 4.69) is 15.2 Å². The monoisotopic (exact) mass is 329 g/mol. The Hall–Kier alpha value is -1.000. The summed E-state index contributed by atoms with van der Waals surface area (Å²) in [6.07, 6.45) is 3.42. The molecule has 0 aromatic carbocycles. The highest BCUT2D eigenvalue weighted by atomic mass is 35.5. The molecule has 1 atom stereocenters. The van der Waals surface area contributed by atoms with Crippen LogP contribution in [0.4, 0.5) is 5.82 Å². The fraction of sp³-hybridized carbons (Fsp3) is 0.600. The van der Waals surface area contributed by atoms with Gasteiger partial charge in [0, 0.05) is 24.8 Å². The van der Waals surface area contributed by atoms with E-state index in [0.717, 1.165) is 19.4 Å². The van der Waals surface area contributed by atoms with Gasteiger partial charge in [0.15, 0.2) is 0 Å². The second kappa shape index (κ2) is 6.41. The van der Waals surface area contributed by atoms with Crippen LogP contribution in [-0.2, 0) is 4.79 Å². The summed E-state index contributed by atoms with van der Waals surface area (Å²) in [7, 11) is 0. The average molecular weight is 330 g/mol. The van der Waals surface area contributed by atoms with Gasteiger partial charge in [-0.3, -0.25) is 4.79 Å². The maximum absolute atomic E-state index is 12.3. The molecule has 0 saturated carbocycles. The summed E-state index contributed by atoms with van der Waals surface area (Å²) in [6, 6.07) is 1.68. The van der Waals surface area contributed by atoms with Crippen molar-refractivity contribution in [2.24, 2.45) is 5.92 Å². The zero-order valence-corrected chi connectivity index (χ0v) is 14.1. The van der Waals surface area contributed by atoms with E-state index < -0.39 is 0 Å². The van der Waals surface area contributed by atoms with Gasteiger partial charge in [-0.1, -0.05) is 23.2 Å². The van der Waals surface area contributed by atoms with Crippen molar-refractivity contribution < 1.29 is 4.79 Å². The van der Waals surface area contributed by atoms with Gasteiger partial charge in [-0.15, -0.1) is 0 Å². The Kier molecular flexibility index (Phi) is 4.99. The van der Waals surface area contributed by atoms with Crippen LogP contribution in [-0.4, -0.2) is 29.5 Å². The molecule has 4 nitrogen and oxygen atoms in total. The number of halogens is 2. The van der Waals surface area contributed by atoms with Crippen molar-refractivity contribution in [1.82, 2.24) is 10.3 Å². The third-order valence-corrected chi connectivity index (χ3v) is 3.86. The fourth-order valence-corrected chi connectivity index (χ4v) is 2.99. The largest absolute Gasteiger partial charge is 0.355 e. The molecular formula is C15H21Cl2N3O. The lowest BCUT2D eigenvalue weighted by Gasteiger charge is -2.34. The van der Waals surface area contributed by atoms with Gasteiger partial charge in [-0.05, 0) is 39.7 Å². The maximum atomic E-state index is 12.3. The predicted octanol–water partition coefficient (Wildman–Crippen LogP) is 3.52. The van der Waals surface area contributed by atoms with Crippen LogP contribution in [0.15, 0.2) is 12.3 Å². The SMILES string of the molecule is CC(C)(C)NC(=O)C1CCCN(c2ncc(Cl)cc2Cl)C1. The number of rotatable bonds is 2. The Morgan fingerprint density at radius 2 is 2.14 bits per heavy atom. The van der Waals surface area contributed by atoms with E-state index in [-0.39, 0.29) is 17.4 Å². The van der Waals surface area contributed by atoms with Crippen LogP contribution in [0.3, 0.4) is 0 Å².